The summed E-state index contributed by atoms with van der Waals surface area (Å²) in [6, 6.07) is 1.30. The van der Waals surface area contributed by atoms with Crippen LogP contribution in [-0.2, 0) is 4.74 Å². The molecular weight excluding hydrogens is 147 g/mol. The second kappa shape index (κ2) is 3.48. The molecule has 1 atom stereocenters. The van der Waals surface area contributed by atoms with Gasteiger partial charge in [-0.1, -0.05) is 0 Å². The maximum Gasteiger partial charge on any atom is 0.213 e. The van der Waals surface area contributed by atoms with E-state index in [9.17, 15) is 4.39 Å². The summed E-state index contributed by atoms with van der Waals surface area (Å²) in [6.45, 7) is 4.16. The summed E-state index contributed by atoms with van der Waals surface area (Å²) in [5.74, 6) is -0.369. The molecule has 1 rings (SSSR count). The van der Waals surface area contributed by atoms with Gasteiger partial charge in [0.25, 0.3) is 0 Å². The molecule has 11 heavy (non-hydrogen) atoms. The fourth-order valence-corrected chi connectivity index (χ4v) is 0.878. The molecule has 0 aliphatic rings. The van der Waals surface area contributed by atoms with Crippen LogP contribution in [0.3, 0.4) is 0 Å². The molecule has 1 heterocycles. The lowest BCUT2D eigenvalue weighted by molar-refractivity contribution is 0.00789. The summed E-state index contributed by atoms with van der Waals surface area (Å²) in [4.78, 5) is 0. The van der Waals surface area contributed by atoms with Crippen molar-refractivity contribution in [3.8, 4) is 0 Å². The van der Waals surface area contributed by atoms with Crippen LogP contribution in [0.1, 0.15) is 20.1 Å². The van der Waals surface area contributed by atoms with E-state index in [1.54, 1.807) is 6.92 Å². The zero-order valence-corrected chi connectivity index (χ0v) is 6.62. The lowest BCUT2D eigenvalue weighted by Crippen LogP contribution is -2.12. The summed E-state index contributed by atoms with van der Waals surface area (Å²) in [5.41, 5.74) is 0. The minimum Gasteiger partial charge on any atom is -0.357 e. The number of halogens is 1. The van der Waals surface area contributed by atoms with Crippen LogP contribution < -0.4 is 0 Å². The minimum atomic E-state index is -0.369. The predicted octanol–water partition coefficient (Wildman–Crippen LogP) is 1.58. The van der Waals surface area contributed by atoms with Crippen LogP contribution in [0.5, 0.6) is 0 Å². The maximum atomic E-state index is 12.7. The molecule has 1 unspecified atom stereocenters. The van der Waals surface area contributed by atoms with Crippen LogP contribution in [0.4, 0.5) is 4.39 Å². The summed E-state index contributed by atoms with van der Waals surface area (Å²) >= 11 is 0. The highest BCUT2D eigenvalue weighted by Gasteiger charge is 2.07. The van der Waals surface area contributed by atoms with Gasteiger partial charge in [-0.05, 0) is 13.8 Å². The third-order valence-electron chi connectivity index (χ3n) is 1.37. The predicted molar refractivity (Wildman–Crippen MR) is 38.5 cm³/mol. The first-order chi connectivity index (χ1) is 5.25. The lowest BCUT2D eigenvalue weighted by Gasteiger charge is -2.11. The van der Waals surface area contributed by atoms with E-state index < -0.39 is 0 Å². The van der Waals surface area contributed by atoms with E-state index in [0.29, 0.717) is 6.61 Å². The largest absolute Gasteiger partial charge is 0.357 e. The molecule has 62 valence electrons. The van der Waals surface area contributed by atoms with Gasteiger partial charge in [0.1, 0.15) is 6.23 Å². The van der Waals surface area contributed by atoms with Crippen molar-refractivity contribution < 1.29 is 9.13 Å². The molecule has 0 saturated carbocycles. The molecule has 1 aromatic rings. The molecule has 0 bridgehead atoms. The highest BCUT2D eigenvalue weighted by molar-refractivity contribution is 4.83. The van der Waals surface area contributed by atoms with Crippen LogP contribution in [0, 0.1) is 5.95 Å². The molecule has 0 spiro atoms. The molecule has 0 saturated heterocycles. The molecule has 0 amide bonds. The van der Waals surface area contributed by atoms with Crippen molar-refractivity contribution in [2.24, 2.45) is 0 Å². The highest BCUT2D eigenvalue weighted by atomic mass is 19.1. The first-order valence-electron chi connectivity index (χ1n) is 3.56. The highest BCUT2D eigenvalue weighted by Crippen LogP contribution is 2.07. The van der Waals surface area contributed by atoms with Gasteiger partial charge in [0.05, 0.1) is 6.20 Å². The van der Waals surface area contributed by atoms with Gasteiger partial charge in [-0.25, -0.2) is 4.68 Å². The van der Waals surface area contributed by atoms with Crippen LogP contribution in [0.15, 0.2) is 12.3 Å². The van der Waals surface area contributed by atoms with Gasteiger partial charge in [-0.3, -0.25) is 0 Å². The Bertz CT molecular complexity index is 224. The van der Waals surface area contributed by atoms with Gasteiger partial charge in [0.15, 0.2) is 0 Å². The summed E-state index contributed by atoms with van der Waals surface area (Å²) in [5, 5.41) is 3.75. The number of rotatable bonds is 3. The molecular formula is C7H11FN2O. The number of nitrogens with zero attached hydrogens (tertiary/aromatic N) is 2. The molecule has 4 heteroatoms. The number of hydrogen-bond donors (Lipinski definition) is 0. The molecule has 1 aromatic heterocycles. The Morgan fingerprint density at radius 3 is 3.00 bits per heavy atom. The zero-order valence-electron chi connectivity index (χ0n) is 6.62. The van der Waals surface area contributed by atoms with E-state index in [2.05, 4.69) is 5.10 Å². The standard InChI is InChI=1S/C7H11FN2O/c1-3-11-6(2)10-7(8)4-5-9-10/h4-6H,3H2,1-2H3. The van der Waals surface area contributed by atoms with Crippen molar-refractivity contribution in [2.45, 2.75) is 20.1 Å². The van der Waals surface area contributed by atoms with E-state index >= 15 is 0 Å². The topological polar surface area (TPSA) is 27.1 Å². The number of hydrogen-bond acceptors (Lipinski definition) is 2. The van der Waals surface area contributed by atoms with Gasteiger partial charge in [0, 0.05) is 12.7 Å². The Morgan fingerprint density at radius 2 is 2.55 bits per heavy atom. The molecule has 0 radical (unpaired) electrons. The Morgan fingerprint density at radius 1 is 1.82 bits per heavy atom. The van der Waals surface area contributed by atoms with E-state index in [4.69, 9.17) is 4.74 Å². The van der Waals surface area contributed by atoms with Gasteiger partial charge in [-0.2, -0.15) is 9.49 Å². The summed E-state index contributed by atoms with van der Waals surface area (Å²) < 4.78 is 19.1. The third kappa shape index (κ3) is 1.77. The van der Waals surface area contributed by atoms with Crippen molar-refractivity contribution in [3.63, 3.8) is 0 Å². The zero-order chi connectivity index (χ0) is 8.27. The van der Waals surface area contributed by atoms with E-state index in [0.717, 1.165) is 0 Å². The second-order valence-electron chi connectivity index (χ2n) is 2.15. The third-order valence-corrected chi connectivity index (χ3v) is 1.37. The van der Waals surface area contributed by atoms with Crippen molar-refractivity contribution in [3.05, 3.63) is 18.2 Å². The molecule has 0 N–H and O–H groups in total. The van der Waals surface area contributed by atoms with Crippen molar-refractivity contribution in [2.75, 3.05) is 6.61 Å². The van der Waals surface area contributed by atoms with Crippen LogP contribution in [0.2, 0.25) is 0 Å². The Kier molecular flexibility index (Phi) is 2.59. The fourth-order valence-electron chi connectivity index (χ4n) is 0.878. The first-order valence-corrected chi connectivity index (χ1v) is 3.56. The molecule has 0 aliphatic carbocycles. The van der Waals surface area contributed by atoms with Gasteiger partial charge < -0.3 is 4.74 Å². The average Bonchev–Trinajstić information content (AvgIpc) is 2.36. The molecule has 3 nitrogen and oxygen atoms in total. The van der Waals surface area contributed by atoms with Crippen LogP contribution >= 0.6 is 0 Å². The summed E-state index contributed by atoms with van der Waals surface area (Å²) in [6.07, 6.45) is 1.08. The fraction of sp³-hybridized carbons (Fsp3) is 0.571. The quantitative estimate of drug-likeness (QED) is 0.667. The molecule has 0 aliphatic heterocycles. The van der Waals surface area contributed by atoms with Gasteiger partial charge in [0.2, 0.25) is 5.95 Å². The minimum absolute atomic E-state index is 0.324. The number of ether oxygens (including phenoxy) is 1. The van der Waals surface area contributed by atoms with Crippen LogP contribution in [-0.4, -0.2) is 16.4 Å². The maximum absolute atomic E-state index is 12.7. The van der Waals surface area contributed by atoms with Crippen molar-refractivity contribution in [1.29, 1.82) is 0 Å². The van der Waals surface area contributed by atoms with Gasteiger partial charge >= 0.3 is 0 Å². The first kappa shape index (κ1) is 8.20. The average molecular weight is 158 g/mol. The normalized spacial score (nSPS) is 13.4. The van der Waals surface area contributed by atoms with Crippen LogP contribution in [0.25, 0.3) is 0 Å². The second-order valence-corrected chi connectivity index (χ2v) is 2.15. The van der Waals surface area contributed by atoms with Crippen molar-refractivity contribution in [1.82, 2.24) is 9.78 Å². The molecule has 0 aromatic carbocycles. The molecule has 0 fully saturated rings. The Labute approximate surface area is 64.8 Å². The Hall–Kier alpha value is -0.900. The number of aromatic nitrogens is 2. The summed E-state index contributed by atoms with van der Waals surface area (Å²) in [7, 11) is 0. The monoisotopic (exact) mass is 158 g/mol. The lowest BCUT2D eigenvalue weighted by atomic mass is 10.6. The van der Waals surface area contributed by atoms with E-state index in [1.807, 2.05) is 6.92 Å². The van der Waals surface area contributed by atoms with E-state index in [1.165, 1.54) is 16.9 Å². The smallest absolute Gasteiger partial charge is 0.213 e. The van der Waals surface area contributed by atoms with Crippen molar-refractivity contribution >= 4 is 0 Å². The van der Waals surface area contributed by atoms with E-state index in [-0.39, 0.29) is 12.2 Å². The Balaban J connectivity index is 2.67. The van der Waals surface area contributed by atoms with Gasteiger partial charge in [-0.15, -0.1) is 0 Å². The SMILES string of the molecule is CCOC(C)n1nccc1F.